The molecule has 2 fully saturated rings. The standard InChI is InChI=1S/C10H18O3/c11-10(5-3-6-10)8-13-9-4-1-2-7-12-9/h9,11H,1-8H2. The van der Waals surface area contributed by atoms with Crippen molar-refractivity contribution in [2.24, 2.45) is 0 Å². The second kappa shape index (κ2) is 3.95. The van der Waals surface area contributed by atoms with E-state index in [1.807, 2.05) is 0 Å². The Balaban J connectivity index is 1.66. The van der Waals surface area contributed by atoms with Gasteiger partial charge in [0.15, 0.2) is 6.29 Å². The highest BCUT2D eigenvalue weighted by molar-refractivity contribution is 4.87. The van der Waals surface area contributed by atoms with Crippen LogP contribution < -0.4 is 0 Å². The summed E-state index contributed by atoms with van der Waals surface area (Å²) < 4.78 is 10.9. The lowest BCUT2D eigenvalue weighted by Gasteiger charge is -2.37. The Morgan fingerprint density at radius 2 is 2.15 bits per heavy atom. The first-order valence-corrected chi connectivity index (χ1v) is 5.24. The van der Waals surface area contributed by atoms with E-state index in [9.17, 15) is 5.11 Å². The molecular formula is C10H18O3. The highest BCUT2D eigenvalue weighted by Gasteiger charge is 2.35. The van der Waals surface area contributed by atoms with Gasteiger partial charge < -0.3 is 14.6 Å². The lowest BCUT2D eigenvalue weighted by Crippen LogP contribution is -2.43. The number of hydrogen-bond donors (Lipinski definition) is 1. The summed E-state index contributed by atoms with van der Waals surface area (Å²) in [5, 5.41) is 9.76. The van der Waals surface area contributed by atoms with Crippen molar-refractivity contribution in [1.82, 2.24) is 0 Å². The third-order valence-electron chi connectivity index (χ3n) is 2.96. The highest BCUT2D eigenvalue weighted by atomic mass is 16.7. The minimum absolute atomic E-state index is 0.0571. The molecule has 1 aliphatic carbocycles. The van der Waals surface area contributed by atoms with Crippen LogP contribution in [0.4, 0.5) is 0 Å². The van der Waals surface area contributed by atoms with Crippen LogP contribution in [0.1, 0.15) is 38.5 Å². The van der Waals surface area contributed by atoms with E-state index in [1.54, 1.807) is 0 Å². The Labute approximate surface area is 79.0 Å². The Morgan fingerprint density at radius 3 is 2.69 bits per heavy atom. The minimum Gasteiger partial charge on any atom is -0.387 e. The van der Waals surface area contributed by atoms with Gasteiger partial charge in [0.25, 0.3) is 0 Å². The van der Waals surface area contributed by atoms with Crippen LogP contribution in [0, 0.1) is 0 Å². The minimum atomic E-state index is -0.527. The fourth-order valence-corrected chi connectivity index (χ4v) is 1.82. The lowest BCUT2D eigenvalue weighted by molar-refractivity contribution is -0.203. The van der Waals surface area contributed by atoms with E-state index in [2.05, 4.69) is 0 Å². The first kappa shape index (κ1) is 9.44. The molecule has 1 saturated heterocycles. The van der Waals surface area contributed by atoms with Gasteiger partial charge in [-0.05, 0) is 38.5 Å². The summed E-state index contributed by atoms with van der Waals surface area (Å²) >= 11 is 0. The maximum absolute atomic E-state index is 9.76. The van der Waals surface area contributed by atoms with Crippen molar-refractivity contribution in [3.63, 3.8) is 0 Å². The molecule has 76 valence electrons. The predicted octanol–water partition coefficient (Wildman–Crippen LogP) is 1.44. The van der Waals surface area contributed by atoms with Crippen LogP contribution in [0.25, 0.3) is 0 Å². The van der Waals surface area contributed by atoms with Gasteiger partial charge in [0.05, 0.1) is 12.2 Å². The van der Waals surface area contributed by atoms with Crippen LogP contribution in [-0.4, -0.2) is 30.2 Å². The summed E-state index contributed by atoms with van der Waals surface area (Å²) in [7, 11) is 0. The summed E-state index contributed by atoms with van der Waals surface area (Å²) in [4.78, 5) is 0. The zero-order valence-corrected chi connectivity index (χ0v) is 8.00. The van der Waals surface area contributed by atoms with E-state index in [-0.39, 0.29) is 6.29 Å². The number of rotatable bonds is 3. The quantitative estimate of drug-likeness (QED) is 0.725. The Morgan fingerprint density at radius 1 is 1.31 bits per heavy atom. The van der Waals surface area contributed by atoms with Gasteiger partial charge in [-0.1, -0.05) is 0 Å². The topological polar surface area (TPSA) is 38.7 Å². The van der Waals surface area contributed by atoms with E-state index < -0.39 is 5.60 Å². The molecule has 0 spiro atoms. The molecule has 2 aliphatic rings. The van der Waals surface area contributed by atoms with Crippen LogP contribution in [0.5, 0.6) is 0 Å². The molecule has 0 aromatic rings. The maximum atomic E-state index is 9.76. The molecule has 1 unspecified atom stereocenters. The van der Waals surface area contributed by atoms with Crippen LogP contribution in [-0.2, 0) is 9.47 Å². The number of aliphatic hydroxyl groups is 1. The highest BCUT2D eigenvalue weighted by Crippen LogP contribution is 2.32. The van der Waals surface area contributed by atoms with Gasteiger partial charge in [0.2, 0.25) is 0 Å². The molecule has 1 N–H and O–H groups in total. The van der Waals surface area contributed by atoms with Crippen LogP contribution in [0.2, 0.25) is 0 Å². The number of ether oxygens (including phenoxy) is 2. The van der Waals surface area contributed by atoms with Crippen LogP contribution in [0.15, 0.2) is 0 Å². The zero-order valence-electron chi connectivity index (χ0n) is 8.00. The molecule has 1 atom stereocenters. The van der Waals surface area contributed by atoms with Gasteiger partial charge in [-0.25, -0.2) is 0 Å². The van der Waals surface area contributed by atoms with Crippen molar-refractivity contribution in [2.75, 3.05) is 13.2 Å². The van der Waals surface area contributed by atoms with Crippen molar-refractivity contribution in [3.8, 4) is 0 Å². The van der Waals surface area contributed by atoms with Crippen LogP contribution >= 0.6 is 0 Å². The molecule has 0 amide bonds. The van der Waals surface area contributed by atoms with Gasteiger partial charge in [-0.3, -0.25) is 0 Å². The molecule has 0 aromatic heterocycles. The van der Waals surface area contributed by atoms with Gasteiger partial charge >= 0.3 is 0 Å². The summed E-state index contributed by atoms with van der Waals surface area (Å²) in [6.45, 7) is 1.26. The molecule has 0 radical (unpaired) electrons. The molecule has 1 aliphatic heterocycles. The maximum Gasteiger partial charge on any atom is 0.157 e. The fraction of sp³-hybridized carbons (Fsp3) is 1.00. The fourth-order valence-electron chi connectivity index (χ4n) is 1.82. The largest absolute Gasteiger partial charge is 0.387 e. The summed E-state index contributed by atoms with van der Waals surface area (Å²) in [6, 6.07) is 0. The van der Waals surface area contributed by atoms with Gasteiger partial charge in [-0.2, -0.15) is 0 Å². The van der Waals surface area contributed by atoms with Crippen molar-refractivity contribution < 1.29 is 14.6 Å². The molecule has 3 nitrogen and oxygen atoms in total. The van der Waals surface area contributed by atoms with Gasteiger partial charge in [0.1, 0.15) is 0 Å². The third kappa shape index (κ3) is 2.42. The van der Waals surface area contributed by atoms with Gasteiger partial charge in [0, 0.05) is 6.61 Å². The molecule has 2 rings (SSSR count). The predicted molar refractivity (Wildman–Crippen MR) is 48.3 cm³/mol. The van der Waals surface area contributed by atoms with Gasteiger partial charge in [-0.15, -0.1) is 0 Å². The molecule has 1 heterocycles. The summed E-state index contributed by atoms with van der Waals surface area (Å²) in [6.07, 6.45) is 6.16. The second-order valence-corrected chi connectivity index (χ2v) is 4.19. The average molecular weight is 186 g/mol. The smallest absolute Gasteiger partial charge is 0.157 e. The normalized spacial score (nSPS) is 32.5. The van der Waals surface area contributed by atoms with Crippen molar-refractivity contribution in [1.29, 1.82) is 0 Å². The first-order chi connectivity index (χ1) is 6.29. The monoisotopic (exact) mass is 186 g/mol. The SMILES string of the molecule is OC1(COC2CCCCO2)CCC1. The number of hydrogen-bond acceptors (Lipinski definition) is 3. The molecule has 0 aromatic carbocycles. The van der Waals surface area contributed by atoms with E-state index in [4.69, 9.17) is 9.47 Å². The van der Waals surface area contributed by atoms with E-state index >= 15 is 0 Å². The third-order valence-corrected chi connectivity index (χ3v) is 2.96. The average Bonchev–Trinajstić information content (AvgIpc) is 2.13. The van der Waals surface area contributed by atoms with E-state index in [1.165, 1.54) is 6.42 Å². The Kier molecular flexibility index (Phi) is 2.86. The van der Waals surface area contributed by atoms with Crippen molar-refractivity contribution >= 4 is 0 Å². The zero-order chi connectivity index (χ0) is 9.15. The Hall–Kier alpha value is -0.120. The van der Waals surface area contributed by atoms with Crippen molar-refractivity contribution in [3.05, 3.63) is 0 Å². The molecule has 1 saturated carbocycles. The van der Waals surface area contributed by atoms with E-state index in [0.29, 0.717) is 6.61 Å². The molecule has 3 heteroatoms. The molecular weight excluding hydrogens is 168 g/mol. The summed E-state index contributed by atoms with van der Waals surface area (Å²) in [5.74, 6) is 0. The summed E-state index contributed by atoms with van der Waals surface area (Å²) in [5.41, 5.74) is -0.527. The van der Waals surface area contributed by atoms with Crippen molar-refractivity contribution in [2.45, 2.75) is 50.4 Å². The Bertz CT molecular complexity index is 160. The second-order valence-electron chi connectivity index (χ2n) is 4.19. The van der Waals surface area contributed by atoms with Crippen LogP contribution in [0.3, 0.4) is 0 Å². The lowest BCUT2D eigenvalue weighted by atomic mass is 9.81. The molecule has 0 bridgehead atoms. The molecule has 13 heavy (non-hydrogen) atoms. The first-order valence-electron chi connectivity index (χ1n) is 5.24. The van der Waals surface area contributed by atoms with E-state index in [0.717, 1.165) is 38.7 Å².